The first-order chi connectivity index (χ1) is 13.2. The van der Waals surface area contributed by atoms with Crippen molar-refractivity contribution in [3.05, 3.63) is 36.2 Å². The molecule has 0 radical (unpaired) electrons. The third kappa shape index (κ3) is 4.30. The molecule has 1 saturated carbocycles. The number of likely N-dealkylation sites (N-methyl/N-ethyl adjacent to an activating group) is 1. The summed E-state index contributed by atoms with van der Waals surface area (Å²) in [5, 5.41) is 10.7. The molecule has 1 N–H and O–H groups in total. The summed E-state index contributed by atoms with van der Waals surface area (Å²) in [6.45, 7) is 2.31. The van der Waals surface area contributed by atoms with E-state index in [4.69, 9.17) is 4.74 Å². The lowest BCUT2D eigenvalue weighted by molar-refractivity contribution is -0.120. The molecule has 7 nitrogen and oxygen atoms in total. The third-order valence-electron chi connectivity index (χ3n) is 5.63. The summed E-state index contributed by atoms with van der Waals surface area (Å²) < 4.78 is 7.85. The molecule has 1 aliphatic carbocycles. The molecule has 0 bridgehead atoms. The maximum absolute atomic E-state index is 11.4. The van der Waals surface area contributed by atoms with Crippen LogP contribution in [0.5, 0.6) is 5.75 Å². The van der Waals surface area contributed by atoms with Gasteiger partial charge in [0.25, 0.3) is 0 Å². The number of amides is 1. The smallest absolute Gasteiger partial charge is 0.225 e. The van der Waals surface area contributed by atoms with E-state index >= 15 is 0 Å². The molecule has 7 heteroatoms. The van der Waals surface area contributed by atoms with Crippen molar-refractivity contribution in [2.24, 2.45) is 0 Å². The Bertz CT molecular complexity index is 761. The van der Waals surface area contributed by atoms with Gasteiger partial charge in [-0.05, 0) is 49.9 Å². The Morgan fingerprint density at radius 3 is 2.56 bits per heavy atom. The average molecular weight is 369 g/mol. The fraction of sp³-hybridized carbons (Fsp3) is 0.550. The van der Waals surface area contributed by atoms with Crippen molar-refractivity contribution in [3.63, 3.8) is 0 Å². The van der Waals surface area contributed by atoms with Gasteiger partial charge in [-0.2, -0.15) is 0 Å². The second-order valence-electron chi connectivity index (χ2n) is 7.44. The van der Waals surface area contributed by atoms with Crippen LogP contribution in [-0.4, -0.2) is 58.1 Å². The zero-order valence-electron chi connectivity index (χ0n) is 15.8. The number of nitrogens with zero attached hydrogens (tertiary/aromatic N) is 4. The van der Waals surface area contributed by atoms with E-state index in [-0.39, 0.29) is 12.3 Å². The number of ether oxygens (including phenoxy) is 1. The molecule has 2 aliphatic rings. The minimum absolute atomic E-state index is 0.0749. The first kappa shape index (κ1) is 18.0. The van der Waals surface area contributed by atoms with Crippen LogP contribution in [0.4, 0.5) is 0 Å². The van der Waals surface area contributed by atoms with Crippen LogP contribution in [0.15, 0.2) is 30.5 Å². The lowest BCUT2D eigenvalue weighted by Crippen LogP contribution is -2.46. The lowest BCUT2D eigenvalue weighted by Gasteiger charge is -2.41. The molecule has 0 spiro atoms. The quantitative estimate of drug-likeness (QED) is 0.843. The van der Waals surface area contributed by atoms with Crippen molar-refractivity contribution < 1.29 is 9.53 Å². The zero-order valence-corrected chi connectivity index (χ0v) is 15.8. The van der Waals surface area contributed by atoms with Gasteiger partial charge >= 0.3 is 0 Å². The van der Waals surface area contributed by atoms with E-state index in [0.29, 0.717) is 11.8 Å². The standard InChI is InChI=1S/C20H27N5O2/c1-21-20(26)13-15-14-25(23-22-15)17-5-7-18(8-6-17)27-19-9-11-24(12-10-19)16-3-2-4-16/h5-8,14,16,19H,2-4,9-13H2,1H3,(H,21,26). The van der Waals surface area contributed by atoms with Gasteiger partial charge in [-0.3, -0.25) is 4.79 Å². The number of benzene rings is 1. The van der Waals surface area contributed by atoms with Crippen LogP contribution in [-0.2, 0) is 11.2 Å². The second-order valence-corrected chi connectivity index (χ2v) is 7.44. The van der Waals surface area contributed by atoms with Gasteiger partial charge in [0, 0.05) is 26.2 Å². The summed E-state index contributed by atoms with van der Waals surface area (Å²) in [6.07, 6.45) is 8.66. The van der Waals surface area contributed by atoms with Crippen LogP contribution >= 0.6 is 0 Å². The first-order valence-corrected chi connectivity index (χ1v) is 9.84. The van der Waals surface area contributed by atoms with Crippen molar-refractivity contribution >= 4 is 5.91 Å². The summed E-state index contributed by atoms with van der Waals surface area (Å²) in [7, 11) is 1.61. The van der Waals surface area contributed by atoms with Gasteiger partial charge in [0.1, 0.15) is 11.9 Å². The number of aromatic nitrogens is 3. The van der Waals surface area contributed by atoms with Gasteiger partial charge < -0.3 is 15.0 Å². The van der Waals surface area contributed by atoms with E-state index in [1.54, 1.807) is 17.9 Å². The molecule has 1 aromatic carbocycles. The van der Waals surface area contributed by atoms with Crippen molar-refractivity contribution in [1.82, 2.24) is 25.2 Å². The van der Waals surface area contributed by atoms with Crippen molar-refractivity contribution in [1.29, 1.82) is 0 Å². The highest BCUT2D eigenvalue weighted by Crippen LogP contribution is 2.28. The largest absolute Gasteiger partial charge is 0.490 e. The van der Waals surface area contributed by atoms with Gasteiger partial charge in [-0.25, -0.2) is 4.68 Å². The van der Waals surface area contributed by atoms with E-state index in [2.05, 4.69) is 20.5 Å². The Hall–Kier alpha value is -2.41. The van der Waals surface area contributed by atoms with Crippen molar-refractivity contribution in [2.75, 3.05) is 20.1 Å². The van der Waals surface area contributed by atoms with Gasteiger partial charge in [0.2, 0.25) is 5.91 Å². The monoisotopic (exact) mass is 369 g/mol. The summed E-state index contributed by atoms with van der Waals surface area (Å²) in [5.74, 6) is 0.820. The molecule has 2 heterocycles. The minimum Gasteiger partial charge on any atom is -0.490 e. The number of piperidine rings is 1. The van der Waals surface area contributed by atoms with Gasteiger partial charge in [-0.15, -0.1) is 5.10 Å². The molecular weight excluding hydrogens is 342 g/mol. The van der Waals surface area contributed by atoms with Crippen LogP contribution < -0.4 is 10.1 Å². The number of hydrogen-bond acceptors (Lipinski definition) is 5. The Morgan fingerprint density at radius 2 is 1.93 bits per heavy atom. The molecule has 2 fully saturated rings. The number of rotatable bonds is 6. The fourth-order valence-electron chi connectivity index (χ4n) is 3.74. The molecule has 0 unspecified atom stereocenters. The SMILES string of the molecule is CNC(=O)Cc1cn(-c2ccc(OC3CCN(C4CCC4)CC3)cc2)nn1. The molecule has 1 amide bonds. The van der Waals surface area contributed by atoms with Crippen LogP contribution in [0, 0.1) is 0 Å². The third-order valence-corrected chi connectivity index (χ3v) is 5.63. The highest BCUT2D eigenvalue weighted by Gasteiger charge is 2.29. The highest BCUT2D eigenvalue weighted by atomic mass is 16.5. The lowest BCUT2D eigenvalue weighted by atomic mass is 9.90. The molecule has 4 rings (SSSR count). The summed E-state index contributed by atoms with van der Waals surface area (Å²) in [4.78, 5) is 14.1. The predicted molar refractivity (Wildman–Crippen MR) is 102 cm³/mol. The molecule has 1 aliphatic heterocycles. The summed E-state index contributed by atoms with van der Waals surface area (Å²) >= 11 is 0. The minimum atomic E-state index is -0.0749. The maximum atomic E-state index is 11.4. The number of likely N-dealkylation sites (tertiary alicyclic amines) is 1. The number of carbonyl (C=O) groups is 1. The van der Waals surface area contributed by atoms with E-state index in [1.807, 2.05) is 24.3 Å². The topological polar surface area (TPSA) is 72.3 Å². The van der Waals surface area contributed by atoms with Crippen LogP contribution in [0.1, 0.15) is 37.8 Å². The van der Waals surface area contributed by atoms with E-state index in [0.717, 1.165) is 43.4 Å². The number of carbonyl (C=O) groups excluding carboxylic acids is 1. The van der Waals surface area contributed by atoms with Crippen molar-refractivity contribution in [2.45, 2.75) is 50.7 Å². The van der Waals surface area contributed by atoms with Gasteiger partial charge in [0.05, 0.1) is 24.0 Å². The Morgan fingerprint density at radius 1 is 1.19 bits per heavy atom. The molecular formula is C20H27N5O2. The summed E-state index contributed by atoms with van der Waals surface area (Å²) in [5.41, 5.74) is 1.55. The number of hydrogen-bond donors (Lipinski definition) is 1. The Balaban J connectivity index is 1.31. The van der Waals surface area contributed by atoms with Crippen LogP contribution in [0.3, 0.4) is 0 Å². The van der Waals surface area contributed by atoms with Gasteiger partial charge in [-0.1, -0.05) is 11.6 Å². The Kier molecular flexibility index (Phi) is 5.38. The van der Waals surface area contributed by atoms with Gasteiger partial charge in [0.15, 0.2) is 0 Å². The molecule has 27 heavy (non-hydrogen) atoms. The zero-order chi connectivity index (χ0) is 18.6. The van der Waals surface area contributed by atoms with Crippen LogP contribution in [0.25, 0.3) is 5.69 Å². The normalized spacial score (nSPS) is 18.9. The van der Waals surface area contributed by atoms with Crippen molar-refractivity contribution in [3.8, 4) is 11.4 Å². The predicted octanol–water partition coefficient (Wildman–Crippen LogP) is 1.95. The second kappa shape index (κ2) is 8.08. The van der Waals surface area contributed by atoms with E-state index in [9.17, 15) is 4.79 Å². The highest BCUT2D eigenvalue weighted by molar-refractivity contribution is 5.77. The van der Waals surface area contributed by atoms with E-state index in [1.165, 1.54) is 19.3 Å². The average Bonchev–Trinajstić information content (AvgIpc) is 3.11. The van der Waals surface area contributed by atoms with E-state index < -0.39 is 0 Å². The maximum Gasteiger partial charge on any atom is 0.225 e. The molecule has 0 atom stereocenters. The Labute approximate surface area is 159 Å². The fourth-order valence-corrected chi connectivity index (χ4v) is 3.74. The molecule has 2 aromatic rings. The summed E-state index contributed by atoms with van der Waals surface area (Å²) in [6, 6.07) is 8.73. The molecule has 1 aromatic heterocycles. The molecule has 1 saturated heterocycles. The first-order valence-electron chi connectivity index (χ1n) is 9.84. The molecule has 144 valence electrons. The number of nitrogens with one attached hydrogen (secondary N) is 1. The van der Waals surface area contributed by atoms with Crippen LogP contribution in [0.2, 0.25) is 0 Å².